The molecule has 38 heavy (non-hydrogen) atoms. The van der Waals surface area contributed by atoms with E-state index < -0.39 is 27.8 Å². The molecule has 5 N–H and O–H groups in total. The van der Waals surface area contributed by atoms with Crippen LogP contribution in [0.15, 0.2) is 52.4 Å². The average molecular weight is 564 g/mol. The quantitative estimate of drug-likeness (QED) is 0.390. The number of nitrogens with one attached hydrogen (secondary N) is 2. The second kappa shape index (κ2) is 11.9. The number of amides is 1. The monoisotopic (exact) mass is 563 g/mol. The number of nitrogens with two attached hydrogens (primary N) is 1. The van der Waals surface area contributed by atoms with Gasteiger partial charge in [-0.2, -0.15) is 0 Å². The second-order valence-electron chi connectivity index (χ2n) is 9.73. The van der Waals surface area contributed by atoms with Crippen molar-refractivity contribution >= 4 is 39.1 Å². The molecule has 4 rings (SSSR count). The summed E-state index contributed by atoms with van der Waals surface area (Å²) in [6.07, 6.45) is 4.15. The van der Waals surface area contributed by atoms with Crippen molar-refractivity contribution in [1.82, 2.24) is 10.0 Å². The van der Waals surface area contributed by atoms with Crippen LogP contribution in [0.5, 0.6) is 0 Å². The van der Waals surface area contributed by atoms with Crippen LogP contribution in [0.4, 0.5) is 4.39 Å². The molecule has 9 nitrogen and oxygen atoms in total. The summed E-state index contributed by atoms with van der Waals surface area (Å²) in [7, 11) is -3.25. The number of amidine groups is 1. The molecule has 0 spiro atoms. The van der Waals surface area contributed by atoms with Gasteiger partial charge in [-0.15, -0.1) is 0 Å². The zero-order chi connectivity index (χ0) is 27.4. The Hall–Kier alpha value is -2.86. The number of hydrogen-bond acceptors (Lipinski definition) is 7. The maximum atomic E-state index is 15.1. The van der Waals surface area contributed by atoms with Crippen LogP contribution in [0.2, 0.25) is 5.02 Å². The molecule has 12 heteroatoms. The van der Waals surface area contributed by atoms with E-state index in [1.165, 1.54) is 12.1 Å². The van der Waals surface area contributed by atoms with Gasteiger partial charge in [-0.05, 0) is 61.4 Å². The van der Waals surface area contributed by atoms with Crippen molar-refractivity contribution in [1.29, 1.82) is 0 Å². The van der Waals surface area contributed by atoms with Crippen LogP contribution in [-0.2, 0) is 10.0 Å². The SMILES string of the molecule is CS(=O)(=O)NC1CCC(C2CN=C(N)C(c3ccc(C(=O)N[C@H](CO)c4cccc(Cl)c4)c(F)c3)=N2)CC1. The first-order chi connectivity index (χ1) is 18.0. The normalized spacial score (nSPS) is 22.8. The molecule has 1 aliphatic heterocycles. The molecule has 1 aliphatic carbocycles. The lowest BCUT2D eigenvalue weighted by Gasteiger charge is -2.33. The highest BCUT2D eigenvalue weighted by Gasteiger charge is 2.31. The Labute approximate surface area is 226 Å². The molecule has 0 saturated heterocycles. The first kappa shape index (κ1) is 28.2. The lowest BCUT2D eigenvalue weighted by Crippen LogP contribution is -2.41. The maximum Gasteiger partial charge on any atom is 0.254 e. The first-order valence-electron chi connectivity index (χ1n) is 12.4. The van der Waals surface area contributed by atoms with E-state index in [2.05, 4.69) is 15.0 Å². The van der Waals surface area contributed by atoms with Crippen molar-refractivity contribution in [2.75, 3.05) is 19.4 Å². The summed E-state index contributed by atoms with van der Waals surface area (Å²) in [4.78, 5) is 22.0. The highest BCUT2D eigenvalue weighted by atomic mass is 35.5. The van der Waals surface area contributed by atoms with Gasteiger partial charge in [-0.1, -0.05) is 29.8 Å². The molecule has 1 fully saturated rings. The zero-order valence-electron chi connectivity index (χ0n) is 20.9. The molecule has 2 aromatic carbocycles. The maximum absolute atomic E-state index is 15.1. The van der Waals surface area contributed by atoms with Gasteiger partial charge in [-0.25, -0.2) is 17.5 Å². The minimum absolute atomic E-state index is 0.0843. The Kier molecular flexibility index (Phi) is 8.81. The van der Waals surface area contributed by atoms with Crippen LogP contribution < -0.4 is 15.8 Å². The number of aliphatic hydroxyl groups is 1. The minimum atomic E-state index is -3.25. The van der Waals surface area contributed by atoms with E-state index in [4.69, 9.17) is 22.3 Å². The Balaban J connectivity index is 1.46. The largest absolute Gasteiger partial charge is 0.394 e. The molecule has 204 valence electrons. The highest BCUT2D eigenvalue weighted by Crippen LogP contribution is 2.30. The van der Waals surface area contributed by atoms with Crippen LogP contribution in [0.3, 0.4) is 0 Å². The van der Waals surface area contributed by atoms with E-state index >= 15 is 4.39 Å². The van der Waals surface area contributed by atoms with Gasteiger partial charge in [-0.3, -0.25) is 14.8 Å². The molecular weight excluding hydrogens is 533 g/mol. The number of benzene rings is 2. The van der Waals surface area contributed by atoms with Gasteiger partial charge in [0.25, 0.3) is 5.91 Å². The standard InChI is InChI=1S/C26H31ClFN5O4S/c1-38(36,37)33-19-8-5-15(6-9-19)22-13-30-25(29)24(31-22)17-7-10-20(21(28)12-17)26(35)32-23(14-34)16-3-2-4-18(27)11-16/h2-4,7,10-12,15,19,22-23,33-34H,5-6,8-9,13-14H2,1H3,(H2,29,30)(H,32,35)/t15?,19?,22?,23-/m1/s1. The third kappa shape index (κ3) is 6.96. The predicted molar refractivity (Wildman–Crippen MR) is 146 cm³/mol. The van der Waals surface area contributed by atoms with E-state index in [-0.39, 0.29) is 36.0 Å². The van der Waals surface area contributed by atoms with E-state index in [1.54, 1.807) is 30.3 Å². The molecular formula is C26H31ClFN5O4S. The number of halogens is 2. The van der Waals surface area contributed by atoms with E-state index in [1.807, 2.05) is 0 Å². The molecule has 2 aromatic rings. The summed E-state index contributed by atoms with van der Waals surface area (Å²) in [6.45, 7) is 0.0302. The summed E-state index contributed by atoms with van der Waals surface area (Å²) in [5.41, 5.74) is 7.29. The van der Waals surface area contributed by atoms with Gasteiger partial charge < -0.3 is 16.2 Å². The van der Waals surface area contributed by atoms with E-state index in [0.29, 0.717) is 41.2 Å². The summed E-state index contributed by atoms with van der Waals surface area (Å²) < 4.78 is 40.8. The minimum Gasteiger partial charge on any atom is -0.394 e. The Bertz CT molecular complexity index is 1360. The fourth-order valence-corrected chi connectivity index (χ4v) is 6.02. The first-order valence-corrected chi connectivity index (χ1v) is 14.6. The van der Waals surface area contributed by atoms with Crippen molar-refractivity contribution in [3.8, 4) is 0 Å². The molecule has 0 radical (unpaired) electrons. The predicted octanol–water partition coefficient (Wildman–Crippen LogP) is 2.58. The van der Waals surface area contributed by atoms with Crippen LogP contribution in [0, 0.1) is 11.7 Å². The summed E-state index contributed by atoms with van der Waals surface area (Å²) in [5.74, 6) is -1.03. The summed E-state index contributed by atoms with van der Waals surface area (Å²) in [6, 6.07) is 9.85. The fraction of sp³-hybridized carbons (Fsp3) is 0.423. The molecule has 1 saturated carbocycles. The van der Waals surface area contributed by atoms with Gasteiger partial charge in [0.15, 0.2) is 0 Å². The van der Waals surface area contributed by atoms with Crippen molar-refractivity contribution in [3.63, 3.8) is 0 Å². The van der Waals surface area contributed by atoms with Crippen LogP contribution >= 0.6 is 11.6 Å². The van der Waals surface area contributed by atoms with Gasteiger partial charge in [0.1, 0.15) is 17.4 Å². The second-order valence-corrected chi connectivity index (χ2v) is 11.9. The van der Waals surface area contributed by atoms with Crippen molar-refractivity contribution in [2.24, 2.45) is 21.6 Å². The molecule has 0 aromatic heterocycles. The van der Waals surface area contributed by atoms with E-state index in [9.17, 15) is 18.3 Å². The fourth-order valence-electron chi connectivity index (χ4n) is 4.98. The third-order valence-corrected chi connectivity index (χ3v) is 7.91. The van der Waals surface area contributed by atoms with Gasteiger partial charge in [0.05, 0.1) is 37.1 Å². The average Bonchev–Trinajstić information content (AvgIpc) is 2.87. The topological polar surface area (TPSA) is 146 Å². The van der Waals surface area contributed by atoms with E-state index in [0.717, 1.165) is 19.1 Å². The van der Waals surface area contributed by atoms with Crippen molar-refractivity contribution in [2.45, 2.75) is 43.8 Å². The van der Waals surface area contributed by atoms with Crippen LogP contribution in [-0.4, -0.2) is 62.5 Å². The molecule has 1 amide bonds. The molecule has 2 atom stereocenters. The number of aliphatic hydroxyl groups excluding tert-OH is 1. The Morgan fingerprint density at radius 2 is 1.95 bits per heavy atom. The van der Waals surface area contributed by atoms with Gasteiger partial charge in [0, 0.05) is 16.6 Å². The smallest absolute Gasteiger partial charge is 0.254 e. The number of hydrogen-bond donors (Lipinski definition) is 4. The zero-order valence-corrected chi connectivity index (χ0v) is 22.5. The molecule has 1 heterocycles. The van der Waals surface area contributed by atoms with Gasteiger partial charge in [0.2, 0.25) is 10.0 Å². The van der Waals surface area contributed by atoms with Crippen molar-refractivity contribution in [3.05, 3.63) is 70.0 Å². The molecule has 2 aliphatic rings. The molecule has 0 bridgehead atoms. The highest BCUT2D eigenvalue weighted by molar-refractivity contribution is 7.88. The lowest BCUT2D eigenvalue weighted by molar-refractivity contribution is 0.0912. The number of carbonyl (C=O) groups excluding carboxylic acids is 1. The molecule has 1 unspecified atom stereocenters. The summed E-state index contributed by atoms with van der Waals surface area (Å²) in [5, 5.41) is 12.8. The number of aliphatic imine (C=N–C) groups is 2. The Morgan fingerprint density at radius 3 is 2.58 bits per heavy atom. The Morgan fingerprint density at radius 1 is 1.21 bits per heavy atom. The van der Waals surface area contributed by atoms with Crippen LogP contribution in [0.1, 0.15) is 53.2 Å². The number of carbonyl (C=O) groups is 1. The number of nitrogens with zero attached hydrogens (tertiary/aromatic N) is 2. The van der Waals surface area contributed by atoms with Crippen molar-refractivity contribution < 1.29 is 22.7 Å². The summed E-state index contributed by atoms with van der Waals surface area (Å²) >= 11 is 6.01. The van der Waals surface area contributed by atoms with Crippen LogP contribution in [0.25, 0.3) is 0 Å². The number of rotatable bonds is 8. The van der Waals surface area contributed by atoms with Gasteiger partial charge >= 0.3 is 0 Å². The lowest BCUT2D eigenvalue weighted by atomic mass is 9.81. The third-order valence-electron chi connectivity index (χ3n) is 6.91. The number of sulfonamides is 1.